The molecule has 1 aromatic rings. The third-order valence-corrected chi connectivity index (χ3v) is 2.90. The van der Waals surface area contributed by atoms with E-state index in [1.54, 1.807) is 0 Å². The Kier molecular flexibility index (Phi) is 2.56. The van der Waals surface area contributed by atoms with E-state index in [4.69, 9.17) is 17.3 Å². The smallest absolute Gasteiger partial charge is 0.0411 e. The van der Waals surface area contributed by atoms with Gasteiger partial charge >= 0.3 is 0 Å². The molecule has 0 bridgehead atoms. The van der Waals surface area contributed by atoms with Crippen molar-refractivity contribution >= 4 is 11.6 Å². The molecule has 1 nitrogen and oxygen atoms in total. The average molecular weight is 196 g/mol. The molecule has 2 N–H and O–H groups in total. The third-order valence-electron chi connectivity index (χ3n) is 2.69. The van der Waals surface area contributed by atoms with Gasteiger partial charge in [-0.15, -0.1) is 0 Å². The first-order valence-electron chi connectivity index (χ1n) is 4.81. The normalized spacial score (nSPS) is 14.6. The lowest BCUT2D eigenvalue weighted by Gasteiger charge is -2.07. The Hall–Kier alpha value is -0.530. The first-order chi connectivity index (χ1) is 6.31. The van der Waals surface area contributed by atoms with E-state index in [0.717, 1.165) is 11.4 Å². The van der Waals surface area contributed by atoms with Crippen molar-refractivity contribution in [3.05, 3.63) is 33.8 Å². The molecule has 1 aliphatic rings. The number of hydrogen-bond donors (Lipinski definition) is 1. The van der Waals surface area contributed by atoms with Crippen LogP contribution in [0.15, 0.2) is 12.1 Å². The van der Waals surface area contributed by atoms with Crippen molar-refractivity contribution in [3.63, 3.8) is 0 Å². The standard InChI is InChI=1S/C11H14ClN/c12-10-6-8-2-1-3-11(8)9(7-10)4-5-13/h6-7H,1-5,13H2. The van der Waals surface area contributed by atoms with Crippen LogP contribution in [-0.4, -0.2) is 6.54 Å². The minimum atomic E-state index is 0.715. The Balaban J connectivity index is 2.43. The van der Waals surface area contributed by atoms with Crippen LogP contribution in [0.3, 0.4) is 0 Å². The Morgan fingerprint density at radius 1 is 1.31 bits per heavy atom. The molecule has 0 saturated carbocycles. The predicted octanol–water partition coefficient (Wildman–Crippen LogP) is 2.33. The number of rotatable bonds is 2. The van der Waals surface area contributed by atoms with Crippen molar-refractivity contribution in [1.82, 2.24) is 0 Å². The van der Waals surface area contributed by atoms with E-state index in [1.165, 1.54) is 36.0 Å². The summed E-state index contributed by atoms with van der Waals surface area (Å²) in [4.78, 5) is 0. The van der Waals surface area contributed by atoms with Gasteiger partial charge in [0.1, 0.15) is 0 Å². The molecule has 0 aliphatic heterocycles. The van der Waals surface area contributed by atoms with E-state index in [0.29, 0.717) is 6.54 Å². The van der Waals surface area contributed by atoms with Crippen LogP contribution < -0.4 is 5.73 Å². The molecule has 0 amide bonds. The van der Waals surface area contributed by atoms with Crippen molar-refractivity contribution in [2.75, 3.05) is 6.54 Å². The number of hydrogen-bond acceptors (Lipinski definition) is 1. The van der Waals surface area contributed by atoms with E-state index in [1.807, 2.05) is 0 Å². The Morgan fingerprint density at radius 3 is 2.92 bits per heavy atom. The Morgan fingerprint density at radius 2 is 2.15 bits per heavy atom. The second-order valence-electron chi connectivity index (χ2n) is 3.59. The first-order valence-corrected chi connectivity index (χ1v) is 5.19. The molecule has 0 radical (unpaired) electrons. The zero-order valence-electron chi connectivity index (χ0n) is 7.65. The van der Waals surface area contributed by atoms with Crippen molar-refractivity contribution in [2.24, 2.45) is 5.73 Å². The van der Waals surface area contributed by atoms with Crippen LogP contribution in [-0.2, 0) is 19.3 Å². The van der Waals surface area contributed by atoms with Crippen LogP contribution in [0.25, 0.3) is 0 Å². The van der Waals surface area contributed by atoms with Gasteiger partial charge in [0, 0.05) is 5.02 Å². The summed E-state index contributed by atoms with van der Waals surface area (Å²) in [7, 11) is 0. The molecule has 0 atom stereocenters. The third kappa shape index (κ3) is 1.72. The first kappa shape index (κ1) is 9.04. The van der Waals surface area contributed by atoms with Crippen molar-refractivity contribution in [1.29, 1.82) is 0 Å². The lowest BCUT2D eigenvalue weighted by atomic mass is 10.0. The summed E-state index contributed by atoms with van der Waals surface area (Å²) in [5.41, 5.74) is 9.87. The molecule has 1 aromatic carbocycles. The van der Waals surface area contributed by atoms with Crippen LogP contribution in [0.2, 0.25) is 5.02 Å². The van der Waals surface area contributed by atoms with E-state index >= 15 is 0 Å². The van der Waals surface area contributed by atoms with Crippen molar-refractivity contribution < 1.29 is 0 Å². The minimum absolute atomic E-state index is 0.715. The Labute approximate surface area is 83.9 Å². The lowest BCUT2D eigenvalue weighted by molar-refractivity contribution is 0.895. The number of nitrogens with two attached hydrogens (primary N) is 1. The maximum Gasteiger partial charge on any atom is 0.0411 e. The highest BCUT2D eigenvalue weighted by molar-refractivity contribution is 6.30. The summed E-state index contributed by atoms with van der Waals surface area (Å²) in [6.45, 7) is 0.715. The minimum Gasteiger partial charge on any atom is -0.330 e. The average Bonchev–Trinajstić information content (AvgIpc) is 2.52. The molecule has 0 fully saturated rings. The highest BCUT2D eigenvalue weighted by atomic mass is 35.5. The monoisotopic (exact) mass is 195 g/mol. The number of benzene rings is 1. The second-order valence-corrected chi connectivity index (χ2v) is 4.03. The van der Waals surface area contributed by atoms with Crippen LogP contribution >= 0.6 is 11.6 Å². The summed E-state index contributed by atoms with van der Waals surface area (Å²) < 4.78 is 0. The summed E-state index contributed by atoms with van der Waals surface area (Å²) in [6.07, 6.45) is 4.63. The summed E-state index contributed by atoms with van der Waals surface area (Å²) in [5, 5.41) is 0.865. The van der Waals surface area contributed by atoms with Crippen LogP contribution in [0.1, 0.15) is 23.1 Å². The molecule has 2 rings (SSSR count). The van der Waals surface area contributed by atoms with E-state index in [-0.39, 0.29) is 0 Å². The van der Waals surface area contributed by atoms with E-state index in [2.05, 4.69) is 12.1 Å². The highest BCUT2D eigenvalue weighted by Crippen LogP contribution is 2.28. The molecule has 0 saturated heterocycles. The zero-order chi connectivity index (χ0) is 9.26. The molecule has 0 spiro atoms. The summed E-state index contributed by atoms with van der Waals surface area (Å²) in [6, 6.07) is 4.17. The van der Waals surface area contributed by atoms with E-state index < -0.39 is 0 Å². The molecule has 70 valence electrons. The fourth-order valence-electron chi connectivity index (χ4n) is 2.13. The number of aryl methyl sites for hydroxylation is 1. The zero-order valence-corrected chi connectivity index (χ0v) is 8.40. The lowest BCUT2D eigenvalue weighted by Crippen LogP contribution is -2.05. The van der Waals surface area contributed by atoms with Gasteiger partial charge in [0.25, 0.3) is 0 Å². The van der Waals surface area contributed by atoms with E-state index in [9.17, 15) is 0 Å². The second kappa shape index (κ2) is 3.69. The van der Waals surface area contributed by atoms with Gasteiger partial charge in [0.05, 0.1) is 0 Å². The summed E-state index contributed by atoms with van der Waals surface area (Å²) in [5.74, 6) is 0. The number of fused-ring (bicyclic) bond motifs is 1. The number of halogens is 1. The molecule has 0 aromatic heterocycles. The molecule has 13 heavy (non-hydrogen) atoms. The fraction of sp³-hybridized carbons (Fsp3) is 0.455. The topological polar surface area (TPSA) is 26.0 Å². The van der Waals surface area contributed by atoms with Crippen molar-refractivity contribution in [2.45, 2.75) is 25.7 Å². The highest BCUT2D eigenvalue weighted by Gasteiger charge is 2.14. The Bertz CT molecular complexity index is 320. The molecule has 1 aliphatic carbocycles. The van der Waals surface area contributed by atoms with Gasteiger partial charge in [0.15, 0.2) is 0 Å². The van der Waals surface area contributed by atoms with Gasteiger partial charge in [-0.1, -0.05) is 11.6 Å². The predicted molar refractivity (Wildman–Crippen MR) is 56.2 cm³/mol. The van der Waals surface area contributed by atoms with Gasteiger partial charge in [-0.3, -0.25) is 0 Å². The molecular formula is C11H14ClN. The molecule has 2 heteroatoms. The van der Waals surface area contributed by atoms with Crippen LogP contribution in [0, 0.1) is 0 Å². The van der Waals surface area contributed by atoms with Gasteiger partial charge in [-0.05, 0) is 61.1 Å². The van der Waals surface area contributed by atoms with Crippen LogP contribution in [0.4, 0.5) is 0 Å². The van der Waals surface area contributed by atoms with Gasteiger partial charge < -0.3 is 5.73 Å². The fourth-order valence-corrected chi connectivity index (χ4v) is 2.40. The molecule has 0 heterocycles. The molecule has 0 unspecified atom stereocenters. The largest absolute Gasteiger partial charge is 0.330 e. The van der Waals surface area contributed by atoms with Gasteiger partial charge in [-0.2, -0.15) is 0 Å². The summed E-state index contributed by atoms with van der Waals surface area (Å²) >= 11 is 6.02. The quantitative estimate of drug-likeness (QED) is 0.770. The van der Waals surface area contributed by atoms with Crippen molar-refractivity contribution in [3.8, 4) is 0 Å². The maximum absolute atomic E-state index is 6.02. The van der Waals surface area contributed by atoms with Gasteiger partial charge in [-0.25, -0.2) is 0 Å². The van der Waals surface area contributed by atoms with Crippen LogP contribution in [0.5, 0.6) is 0 Å². The SMILES string of the molecule is NCCc1cc(Cl)cc2c1CCC2. The maximum atomic E-state index is 6.02. The van der Waals surface area contributed by atoms with Gasteiger partial charge in [0.2, 0.25) is 0 Å². The molecular weight excluding hydrogens is 182 g/mol.